The molecule has 2 heterocycles. The maximum atomic E-state index is 11.0. The number of aryl methyl sites for hydroxylation is 2. The van der Waals surface area contributed by atoms with Crippen LogP contribution in [0.5, 0.6) is 0 Å². The number of nitrogens with zero attached hydrogens (tertiary/aromatic N) is 3. The Labute approximate surface area is 236 Å². The Kier molecular flexibility index (Phi) is 10.5. The summed E-state index contributed by atoms with van der Waals surface area (Å²) in [5, 5.41) is 18.6. The fourth-order valence-corrected chi connectivity index (χ4v) is 5.59. The number of carboxylic acids is 1. The molecule has 3 N–H and O–H groups in total. The minimum Gasteiger partial charge on any atom is -0.480 e. The molecule has 4 rings (SSSR count). The quantitative estimate of drug-likeness (QED) is 0.283. The standard InChI is InChI=1S/C21H30N5O2P.C7H6Cl2/c1-14-15(2)26(19-8-9-20(29-23-19)22-10-11-24(3)4)18-7-6-16(12-17(14)18)25(5)13-21(27)28;1-5-2-6(8)4-7(9)3-5/h6-9,12,22-23,29H,10-11,13H2,1-5H3,(H,27,28);2-4H,1H3. The zero-order valence-corrected chi connectivity index (χ0v) is 25.2. The topological polar surface area (TPSA) is 72.8 Å². The van der Waals surface area contributed by atoms with E-state index in [1.807, 2.05) is 25.1 Å². The molecule has 1 unspecified atom stereocenters. The summed E-state index contributed by atoms with van der Waals surface area (Å²) in [4.78, 5) is 14.9. The van der Waals surface area contributed by atoms with Gasteiger partial charge in [-0.05, 0) is 94.5 Å². The van der Waals surface area contributed by atoms with E-state index in [-0.39, 0.29) is 6.54 Å². The van der Waals surface area contributed by atoms with Crippen molar-refractivity contribution < 1.29 is 9.90 Å². The number of allylic oxidation sites excluding steroid dienone is 2. The number of hydrogen-bond acceptors (Lipinski definition) is 5. The van der Waals surface area contributed by atoms with E-state index in [1.54, 1.807) is 18.0 Å². The zero-order valence-electron chi connectivity index (χ0n) is 22.7. The van der Waals surface area contributed by atoms with Crippen molar-refractivity contribution in [1.29, 1.82) is 0 Å². The first kappa shape index (κ1) is 29.9. The van der Waals surface area contributed by atoms with E-state index < -0.39 is 5.97 Å². The van der Waals surface area contributed by atoms with E-state index in [1.165, 1.54) is 16.7 Å². The molecule has 1 aliphatic heterocycles. The van der Waals surface area contributed by atoms with Crippen LogP contribution in [0.3, 0.4) is 0 Å². The van der Waals surface area contributed by atoms with E-state index in [4.69, 9.17) is 28.3 Å². The second-order valence-electron chi connectivity index (χ2n) is 9.56. The Morgan fingerprint density at radius 1 is 1.05 bits per heavy atom. The minimum atomic E-state index is -0.836. The number of anilines is 1. The van der Waals surface area contributed by atoms with Gasteiger partial charge in [0.05, 0.1) is 11.0 Å². The van der Waals surface area contributed by atoms with Gasteiger partial charge in [-0.1, -0.05) is 23.2 Å². The molecule has 0 amide bonds. The van der Waals surface area contributed by atoms with Gasteiger partial charge in [0.1, 0.15) is 12.4 Å². The number of aromatic nitrogens is 1. The van der Waals surface area contributed by atoms with Gasteiger partial charge < -0.3 is 25.3 Å². The van der Waals surface area contributed by atoms with Crippen LogP contribution >= 0.6 is 31.9 Å². The molecule has 0 spiro atoms. The molecule has 0 bridgehead atoms. The lowest BCUT2D eigenvalue weighted by Gasteiger charge is -2.22. The van der Waals surface area contributed by atoms with Crippen molar-refractivity contribution in [3.8, 4) is 0 Å². The Bertz CT molecular complexity index is 1320. The summed E-state index contributed by atoms with van der Waals surface area (Å²) in [5.41, 5.74) is 6.70. The molecule has 0 radical (unpaired) electrons. The lowest BCUT2D eigenvalue weighted by molar-refractivity contribution is -0.135. The van der Waals surface area contributed by atoms with Crippen LogP contribution in [0.1, 0.15) is 16.8 Å². The fourth-order valence-electron chi connectivity index (χ4n) is 4.12. The van der Waals surface area contributed by atoms with Gasteiger partial charge in [-0.15, -0.1) is 0 Å². The molecule has 7 nitrogen and oxygen atoms in total. The first-order valence-corrected chi connectivity index (χ1v) is 14.0. The summed E-state index contributed by atoms with van der Waals surface area (Å²) < 4.78 is 2.24. The number of carboxylic acid groups (broad SMARTS) is 1. The van der Waals surface area contributed by atoms with Crippen molar-refractivity contribution in [2.45, 2.75) is 20.8 Å². The van der Waals surface area contributed by atoms with E-state index >= 15 is 0 Å². The van der Waals surface area contributed by atoms with Crippen molar-refractivity contribution >= 4 is 60.3 Å². The summed E-state index contributed by atoms with van der Waals surface area (Å²) >= 11 is 11.3. The molecule has 204 valence electrons. The van der Waals surface area contributed by atoms with Gasteiger partial charge in [-0.3, -0.25) is 9.36 Å². The SMILES string of the molecule is Cc1c(C)n(C2=CC=C(NCCN(C)C)PN2)c2ccc(N(C)CC(=O)O)cc12.Cc1cc(Cl)cc(Cl)c1. The number of aliphatic carboxylic acids is 1. The first-order chi connectivity index (χ1) is 18.0. The third kappa shape index (κ3) is 7.90. The van der Waals surface area contributed by atoms with Gasteiger partial charge >= 0.3 is 5.97 Å². The molecular weight excluding hydrogens is 540 g/mol. The molecule has 0 saturated heterocycles. The monoisotopic (exact) mass is 575 g/mol. The van der Waals surface area contributed by atoms with Crippen LogP contribution in [0.4, 0.5) is 5.69 Å². The highest BCUT2D eigenvalue weighted by Gasteiger charge is 2.17. The van der Waals surface area contributed by atoms with Gasteiger partial charge in [0, 0.05) is 55.7 Å². The Balaban J connectivity index is 0.000000375. The third-order valence-electron chi connectivity index (χ3n) is 6.17. The highest BCUT2D eigenvalue weighted by atomic mass is 35.5. The number of benzene rings is 2. The van der Waals surface area contributed by atoms with Crippen LogP contribution < -0.4 is 15.3 Å². The van der Waals surface area contributed by atoms with Crippen LogP contribution in [-0.2, 0) is 4.79 Å². The molecule has 0 saturated carbocycles. The van der Waals surface area contributed by atoms with Crippen LogP contribution in [-0.4, -0.2) is 61.3 Å². The lowest BCUT2D eigenvalue weighted by Crippen LogP contribution is -2.26. The molecule has 2 aromatic carbocycles. The van der Waals surface area contributed by atoms with E-state index in [0.29, 0.717) is 18.8 Å². The number of nitrogens with one attached hydrogen (secondary N) is 2. The number of rotatable bonds is 8. The maximum Gasteiger partial charge on any atom is 0.323 e. The number of carbonyl (C=O) groups is 1. The molecule has 38 heavy (non-hydrogen) atoms. The Hall–Kier alpha value is -2.70. The summed E-state index contributed by atoms with van der Waals surface area (Å²) in [6, 6.07) is 11.6. The average Bonchev–Trinajstić information content (AvgIpc) is 3.08. The van der Waals surface area contributed by atoms with Crippen molar-refractivity contribution in [2.75, 3.05) is 45.7 Å². The Morgan fingerprint density at radius 3 is 2.29 bits per heavy atom. The van der Waals surface area contributed by atoms with E-state index in [0.717, 1.165) is 41.1 Å². The van der Waals surface area contributed by atoms with Crippen molar-refractivity contribution in [3.05, 3.63) is 80.9 Å². The van der Waals surface area contributed by atoms with Gasteiger partial charge in [0.15, 0.2) is 0 Å². The van der Waals surface area contributed by atoms with Crippen molar-refractivity contribution in [3.63, 3.8) is 0 Å². The summed E-state index contributed by atoms with van der Waals surface area (Å²) in [5.74, 6) is 0.223. The molecule has 1 atom stereocenters. The zero-order chi connectivity index (χ0) is 28.0. The molecular formula is C28H36Cl2N5O2P. The molecule has 1 aromatic heterocycles. The summed E-state index contributed by atoms with van der Waals surface area (Å²) in [6.07, 6.45) is 4.26. The van der Waals surface area contributed by atoms with Crippen LogP contribution in [0.15, 0.2) is 54.0 Å². The number of hydrogen-bond donors (Lipinski definition) is 3. The average molecular weight is 577 g/mol. The van der Waals surface area contributed by atoms with Crippen LogP contribution in [0.25, 0.3) is 16.7 Å². The van der Waals surface area contributed by atoms with E-state index in [2.05, 4.69) is 72.1 Å². The van der Waals surface area contributed by atoms with Gasteiger partial charge in [-0.2, -0.15) is 0 Å². The van der Waals surface area contributed by atoms with Gasteiger partial charge in [-0.25, -0.2) is 0 Å². The van der Waals surface area contributed by atoms with Crippen LogP contribution in [0.2, 0.25) is 10.0 Å². The summed E-state index contributed by atoms with van der Waals surface area (Å²) in [7, 11) is 6.43. The molecule has 0 fully saturated rings. The molecule has 1 aliphatic rings. The van der Waals surface area contributed by atoms with Crippen molar-refractivity contribution in [1.82, 2.24) is 19.9 Å². The number of halogens is 2. The predicted molar refractivity (Wildman–Crippen MR) is 164 cm³/mol. The molecule has 10 heteroatoms. The minimum absolute atomic E-state index is 0.0214. The lowest BCUT2D eigenvalue weighted by atomic mass is 10.1. The number of fused-ring (bicyclic) bond motifs is 1. The smallest absolute Gasteiger partial charge is 0.323 e. The normalized spacial score (nSPS) is 13.5. The predicted octanol–water partition coefficient (Wildman–Crippen LogP) is 6.07. The Morgan fingerprint density at radius 2 is 1.74 bits per heavy atom. The van der Waals surface area contributed by atoms with Crippen molar-refractivity contribution in [2.24, 2.45) is 0 Å². The third-order valence-corrected chi connectivity index (χ3v) is 7.60. The van der Waals surface area contributed by atoms with Gasteiger partial charge in [0.25, 0.3) is 0 Å². The van der Waals surface area contributed by atoms with E-state index in [9.17, 15) is 4.79 Å². The summed E-state index contributed by atoms with van der Waals surface area (Å²) in [6.45, 7) is 8.09. The second-order valence-corrected chi connectivity index (χ2v) is 11.5. The maximum absolute atomic E-state index is 11.0. The fraction of sp³-hybridized carbons (Fsp3) is 0.321. The number of likely N-dealkylation sites (N-methyl/N-ethyl adjacent to an activating group) is 2. The largest absolute Gasteiger partial charge is 0.480 e. The first-order valence-electron chi connectivity index (χ1n) is 12.3. The highest BCUT2D eigenvalue weighted by Crippen LogP contribution is 2.33. The second kappa shape index (κ2) is 13.4. The molecule has 0 aliphatic carbocycles. The molecule has 3 aromatic rings. The highest BCUT2D eigenvalue weighted by molar-refractivity contribution is 7.41. The van der Waals surface area contributed by atoms with Crippen LogP contribution in [0, 0.1) is 20.8 Å². The van der Waals surface area contributed by atoms with Gasteiger partial charge in [0.2, 0.25) is 0 Å².